The molecule has 0 atom stereocenters. The second-order valence-corrected chi connectivity index (χ2v) is 5.72. The van der Waals surface area contributed by atoms with Crippen molar-refractivity contribution >= 4 is 39.3 Å². The summed E-state index contributed by atoms with van der Waals surface area (Å²) in [6.07, 6.45) is 3.16. The van der Waals surface area contributed by atoms with Crippen LogP contribution in [0.5, 0.6) is 5.75 Å². The van der Waals surface area contributed by atoms with Crippen molar-refractivity contribution in [3.05, 3.63) is 57.2 Å². The van der Waals surface area contributed by atoms with Gasteiger partial charge in [0.15, 0.2) is 0 Å². The molecule has 0 saturated heterocycles. The molecule has 0 amide bonds. The van der Waals surface area contributed by atoms with E-state index in [0.29, 0.717) is 6.61 Å². The lowest BCUT2D eigenvalue weighted by Crippen LogP contribution is -2.10. The average molecular weight is 353 g/mol. The van der Waals surface area contributed by atoms with Gasteiger partial charge in [-0.3, -0.25) is 0 Å². The third-order valence-electron chi connectivity index (χ3n) is 2.32. The third kappa shape index (κ3) is 5.19. The maximum atomic E-state index is 11.4. The van der Waals surface area contributed by atoms with E-state index in [9.17, 15) is 4.79 Å². The minimum absolute atomic E-state index is 0.222. The van der Waals surface area contributed by atoms with Gasteiger partial charge in [0.1, 0.15) is 19.0 Å². The molecule has 0 aliphatic heterocycles. The molecule has 104 valence electrons. The molecule has 1 aromatic carbocycles. The lowest BCUT2D eigenvalue weighted by molar-refractivity contribution is -0.138. The zero-order valence-electron chi connectivity index (χ0n) is 10.6. The number of rotatable bonds is 6. The molecular weight excluding hydrogens is 340 g/mol. The zero-order valence-corrected chi connectivity index (χ0v) is 13.0. The van der Waals surface area contributed by atoms with Crippen LogP contribution in [-0.2, 0) is 9.53 Å². The smallest absolute Gasteiger partial charge is 0.330 e. The highest BCUT2D eigenvalue weighted by molar-refractivity contribution is 9.10. The Morgan fingerprint density at radius 1 is 1.25 bits per heavy atom. The van der Waals surface area contributed by atoms with Crippen molar-refractivity contribution in [3.63, 3.8) is 0 Å². The first kappa shape index (κ1) is 14.8. The minimum Gasteiger partial charge on any atom is -0.490 e. The van der Waals surface area contributed by atoms with Gasteiger partial charge in [0.25, 0.3) is 0 Å². The predicted octanol–water partition coefficient (Wildman–Crippen LogP) is 4.15. The highest BCUT2D eigenvalue weighted by atomic mass is 79.9. The second kappa shape index (κ2) is 7.87. The Morgan fingerprint density at radius 2 is 2.15 bits per heavy atom. The molecule has 0 N–H and O–H groups in total. The summed E-state index contributed by atoms with van der Waals surface area (Å²) in [6.45, 7) is 0.551. The first-order valence-electron chi connectivity index (χ1n) is 6.01. The molecule has 2 aromatic rings. The molecule has 20 heavy (non-hydrogen) atoms. The summed E-state index contributed by atoms with van der Waals surface area (Å²) >= 11 is 4.93. The number of halogens is 1. The molecule has 0 fully saturated rings. The van der Waals surface area contributed by atoms with Crippen molar-refractivity contribution < 1.29 is 14.3 Å². The van der Waals surface area contributed by atoms with Crippen molar-refractivity contribution in [2.45, 2.75) is 0 Å². The Labute approximate surface area is 130 Å². The normalized spacial score (nSPS) is 10.7. The lowest BCUT2D eigenvalue weighted by Gasteiger charge is -2.06. The van der Waals surface area contributed by atoms with E-state index in [-0.39, 0.29) is 12.6 Å². The highest BCUT2D eigenvalue weighted by Gasteiger charge is 1.99. The number of esters is 1. The van der Waals surface area contributed by atoms with Gasteiger partial charge in [-0.15, -0.1) is 11.3 Å². The number of ether oxygens (including phenoxy) is 2. The van der Waals surface area contributed by atoms with E-state index in [4.69, 9.17) is 9.47 Å². The van der Waals surface area contributed by atoms with Gasteiger partial charge < -0.3 is 9.47 Å². The Morgan fingerprint density at radius 3 is 2.90 bits per heavy atom. The van der Waals surface area contributed by atoms with E-state index in [1.807, 2.05) is 41.8 Å². The summed E-state index contributed by atoms with van der Waals surface area (Å²) in [6, 6.07) is 11.4. The molecule has 3 nitrogen and oxygen atoms in total. The minimum atomic E-state index is -0.365. The van der Waals surface area contributed by atoms with Crippen molar-refractivity contribution in [3.8, 4) is 5.75 Å². The molecule has 2 rings (SSSR count). The van der Waals surface area contributed by atoms with Crippen LogP contribution >= 0.6 is 27.3 Å². The zero-order chi connectivity index (χ0) is 14.2. The van der Waals surface area contributed by atoms with Crippen LogP contribution in [0.2, 0.25) is 0 Å². The van der Waals surface area contributed by atoms with Gasteiger partial charge in [-0.2, -0.15) is 0 Å². The number of carbonyl (C=O) groups excluding carboxylic acids is 1. The van der Waals surface area contributed by atoms with Crippen LogP contribution in [-0.4, -0.2) is 19.2 Å². The summed E-state index contributed by atoms with van der Waals surface area (Å²) < 4.78 is 11.4. The fourth-order valence-corrected chi connectivity index (χ4v) is 2.44. The lowest BCUT2D eigenvalue weighted by atomic mass is 10.3. The summed E-state index contributed by atoms with van der Waals surface area (Å²) in [5.41, 5.74) is 0. The Hall–Kier alpha value is -1.59. The largest absolute Gasteiger partial charge is 0.490 e. The number of carbonyl (C=O) groups is 1. The molecule has 0 saturated carbocycles. The third-order valence-corrected chi connectivity index (χ3v) is 3.65. The molecule has 0 radical (unpaired) electrons. The number of hydrogen-bond acceptors (Lipinski definition) is 4. The Kier molecular flexibility index (Phi) is 5.83. The average Bonchev–Trinajstić information content (AvgIpc) is 2.95. The van der Waals surface area contributed by atoms with Crippen LogP contribution in [0, 0.1) is 0 Å². The molecular formula is C15H13BrO3S. The van der Waals surface area contributed by atoms with E-state index < -0.39 is 0 Å². The van der Waals surface area contributed by atoms with E-state index in [2.05, 4.69) is 15.9 Å². The molecule has 5 heteroatoms. The number of thiophene rings is 1. The van der Waals surface area contributed by atoms with Crippen LogP contribution in [0.15, 0.2) is 52.3 Å². The van der Waals surface area contributed by atoms with Crippen molar-refractivity contribution in [2.75, 3.05) is 13.2 Å². The summed E-state index contributed by atoms with van der Waals surface area (Å²) in [5, 5.41) is 1.96. The predicted molar refractivity (Wildman–Crippen MR) is 83.9 cm³/mol. The molecule has 0 aliphatic carbocycles. The van der Waals surface area contributed by atoms with Crippen molar-refractivity contribution in [1.82, 2.24) is 0 Å². The monoisotopic (exact) mass is 352 g/mol. The van der Waals surface area contributed by atoms with E-state index in [0.717, 1.165) is 15.1 Å². The molecule has 1 aromatic heterocycles. The molecule has 1 heterocycles. The van der Waals surface area contributed by atoms with Crippen LogP contribution in [0.25, 0.3) is 6.08 Å². The fraction of sp³-hybridized carbons (Fsp3) is 0.133. The van der Waals surface area contributed by atoms with Crippen molar-refractivity contribution in [1.29, 1.82) is 0 Å². The first-order chi connectivity index (χ1) is 9.74. The number of benzene rings is 1. The first-order valence-corrected chi connectivity index (χ1v) is 7.68. The van der Waals surface area contributed by atoms with Gasteiger partial charge in [-0.25, -0.2) is 4.79 Å². The second-order valence-electron chi connectivity index (χ2n) is 3.82. The Balaban J connectivity index is 1.67. The van der Waals surface area contributed by atoms with Crippen LogP contribution in [0.3, 0.4) is 0 Å². The highest BCUT2D eigenvalue weighted by Crippen LogP contribution is 2.17. The summed E-state index contributed by atoms with van der Waals surface area (Å²) in [5.74, 6) is 0.376. The van der Waals surface area contributed by atoms with Crippen LogP contribution in [0.4, 0.5) is 0 Å². The van der Waals surface area contributed by atoms with Gasteiger partial charge in [0.2, 0.25) is 0 Å². The maximum Gasteiger partial charge on any atom is 0.330 e. The van der Waals surface area contributed by atoms with Gasteiger partial charge in [0, 0.05) is 15.4 Å². The SMILES string of the molecule is O=C(/C=C/c1cccs1)OCCOc1cccc(Br)c1. The quantitative estimate of drug-likeness (QED) is 0.445. The van der Waals surface area contributed by atoms with Crippen molar-refractivity contribution in [2.24, 2.45) is 0 Å². The summed E-state index contributed by atoms with van der Waals surface area (Å²) in [7, 11) is 0. The molecule has 0 unspecified atom stereocenters. The van der Waals surface area contributed by atoms with Gasteiger partial charge in [0.05, 0.1) is 0 Å². The van der Waals surface area contributed by atoms with Crippen LogP contribution in [0.1, 0.15) is 4.88 Å². The maximum absolute atomic E-state index is 11.4. The summed E-state index contributed by atoms with van der Waals surface area (Å²) in [4.78, 5) is 12.5. The van der Waals surface area contributed by atoms with Crippen LogP contribution < -0.4 is 4.74 Å². The molecule has 0 bridgehead atoms. The van der Waals surface area contributed by atoms with E-state index in [1.165, 1.54) is 6.08 Å². The van der Waals surface area contributed by atoms with Gasteiger partial charge in [-0.1, -0.05) is 28.1 Å². The van der Waals surface area contributed by atoms with E-state index in [1.54, 1.807) is 17.4 Å². The topological polar surface area (TPSA) is 35.5 Å². The molecule has 0 aliphatic rings. The Bertz CT molecular complexity index is 579. The molecule has 0 spiro atoms. The fourth-order valence-electron chi connectivity index (χ4n) is 1.44. The van der Waals surface area contributed by atoms with Gasteiger partial charge in [-0.05, 0) is 35.7 Å². The van der Waals surface area contributed by atoms with E-state index >= 15 is 0 Å². The number of hydrogen-bond donors (Lipinski definition) is 0. The standard InChI is InChI=1S/C15H13BrO3S/c16-12-3-1-4-13(11-12)18-8-9-19-15(17)7-6-14-5-2-10-20-14/h1-7,10-11H,8-9H2/b7-6+. The van der Waals surface area contributed by atoms with Gasteiger partial charge >= 0.3 is 5.97 Å².